The standard InChI is InChI=1S/C11H10N2O3/c1-16-9-3-2-7-4-8(6-12-15)11(14)13-10(7)5-9/h2-6,15H,1H3,(H,13,14). The average molecular weight is 218 g/mol. The third-order valence-electron chi connectivity index (χ3n) is 2.28. The van der Waals surface area contributed by atoms with Crippen LogP contribution < -0.4 is 10.3 Å². The summed E-state index contributed by atoms with van der Waals surface area (Å²) in [4.78, 5) is 14.2. The lowest BCUT2D eigenvalue weighted by atomic mass is 10.1. The molecule has 0 fully saturated rings. The zero-order valence-corrected chi connectivity index (χ0v) is 8.60. The lowest BCUT2D eigenvalue weighted by Gasteiger charge is -2.02. The van der Waals surface area contributed by atoms with Gasteiger partial charge in [0.2, 0.25) is 0 Å². The summed E-state index contributed by atoms with van der Waals surface area (Å²) in [7, 11) is 1.56. The van der Waals surface area contributed by atoms with Gasteiger partial charge < -0.3 is 14.9 Å². The number of hydrogen-bond acceptors (Lipinski definition) is 4. The molecule has 2 N–H and O–H groups in total. The molecular formula is C11H10N2O3. The molecule has 0 atom stereocenters. The summed E-state index contributed by atoms with van der Waals surface area (Å²) in [6.07, 6.45) is 1.10. The van der Waals surface area contributed by atoms with Gasteiger partial charge in [-0.1, -0.05) is 5.16 Å². The van der Waals surface area contributed by atoms with Crippen LogP contribution in [0.15, 0.2) is 34.2 Å². The molecule has 0 radical (unpaired) electrons. The number of aromatic amines is 1. The largest absolute Gasteiger partial charge is 0.497 e. The number of nitrogens with zero attached hydrogens (tertiary/aromatic N) is 1. The van der Waals surface area contributed by atoms with Gasteiger partial charge in [-0.3, -0.25) is 4.79 Å². The molecule has 5 heteroatoms. The fraction of sp³-hybridized carbons (Fsp3) is 0.0909. The van der Waals surface area contributed by atoms with Crippen molar-refractivity contribution in [2.45, 2.75) is 0 Å². The van der Waals surface area contributed by atoms with Crippen LogP contribution in [0.3, 0.4) is 0 Å². The van der Waals surface area contributed by atoms with E-state index in [4.69, 9.17) is 9.94 Å². The van der Waals surface area contributed by atoms with Crippen molar-refractivity contribution in [2.75, 3.05) is 7.11 Å². The van der Waals surface area contributed by atoms with Crippen LogP contribution in [0.5, 0.6) is 5.75 Å². The molecule has 0 amide bonds. The van der Waals surface area contributed by atoms with Gasteiger partial charge in [0.15, 0.2) is 0 Å². The van der Waals surface area contributed by atoms with Crippen molar-refractivity contribution < 1.29 is 9.94 Å². The van der Waals surface area contributed by atoms with E-state index in [9.17, 15) is 4.79 Å². The van der Waals surface area contributed by atoms with E-state index in [1.807, 2.05) is 6.07 Å². The van der Waals surface area contributed by atoms with E-state index in [1.54, 1.807) is 25.3 Å². The molecule has 0 unspecified atom stereocenters. The van der Waals surface area contributed by atoms with Crippen LogP contribution in [0.2, 0.25) is 0 Å². The first kappa shape index (κ1) is 10.2. The van der Waals surface area contributed by atoms with E-state index in [1.165, 1.54) is 0 Å². The lowest BCUT2D eigenvalue weighted by Crippen LogP contribution is -2.11. The third kappa shape index (κ3) is 1.75. The number of nitrogens with one attached hydrogen (secondary N) is 1. The van der Waals surface area contributed by atoms with Gasteiger partial charge in [-0.2, -0.15) is 0 Å². The van der Waals surface area contributed by atoms with Crippen LogP contribution >= 0.6 is 0 Å². The summed E-state index contributed by atoms with van der Waals surface area (Å²) >= 11 is 0. The Hall–Kier alpha value is -2.30. The summed E-state index contributed by atoms with van der Waals surface area (Å²) in [5.41, 5.74) is 0.679. The first-order valence-electron chi connectivity index (χ1n) is 4.63. The first-order valence-corrected chi connectivity index (χ1v) is 4.63. The van der Waals surface area contributed by atoms with Gasteiger partial charge in [0.1, 0.15) is 5.75 Å². The molecule has 82 valence electrons. The Kier molecular flexibility index (Phi) is 2.59. The van der Waals surface area contributed by atoms with Crippen LogP contribution in [0, 0.1) is 0 Å². The molecule has 2 rings (SSSR count). The Morgan fingerprint density at radius 3 is 2.94 bits per heavy atom. The summed E-state index contributed by atoms with van der Waals surface area (Å²) in [6, 6.07) is 6.99. The summed E-state index contributed by atoms with van der Waals surface area (Å²) in [6.45, 7) is 0. The number of fused-ring (bicyclic) bond motifs is 1. The number of rotatable bonds is 2. The van der Waals surface area contributed by atoms with Gasteiger partial charge in [-0.15, -0.1) is 0 Å². The minimum absolute atomic E-state index is 0.306. The summed E-state index contributed by atoms with van der Waals surface area (Å²) in [5.74, 6) is 0.673. The molecule has 0 saturated carbocycles. The molecule has 0 bridgehead atoms. The zero-order valence-electron chi connectivity index (χ0n) is 8.60. The van der Waals surface area contributed by atoms with Crippen LogP contribution in [0.25, 0.3) is 10.9 Å². The fourth-order valence-electron chi connectivity index (χ4n) is 1.48. The predicted octanol–water partition coefficient (Wildman–Crippen LogP) is 1.34. The van der Waals surface area contributed by atoms with Gasteiger partial charge >= 0.3 is 0 Å². The maximum atomic E-state index is 11.5. The van der Waals surface area contributed by atoms with E-state index in [-0.39, 0.29) is 5.56 Å². The Balaban J connectivity index is 2.68. The predicted molar refractivity (Wildman–Crippen MR) is 60.5 cm³/mol. The highest BCUT2D eigenvalue weighted by Gasteiger charge is 2.02. The second kappa shape index (κ2) is 4.06. The zero-order chi connectivity index (χ0) is 11.5. The minimum atomic E-state index is -0.307. The Morgan fingerprint density at radius 2 is 2.25 bits per heavy atom. The maximum absolute atomic E-state index is 11.5. The number of pyridine rings is 1. The molecule has 0 saturated heterocycles. The molecule has 0 spiro atoms. The smallest absolute Gasteiger partial charge is 0.257 e. The van der Waals surface area contributed by atoms with Gasteiger partial charge in [0, 0.05) is 6.07 Å². The van der Waals surface area contributed by atoms with E-state index < -0.39 is 0 Å². The number of H-pyrrole nitrogens is 1. The van der Waals surface area contributed by atoms with Crippen molar-refractivity contribution in [1.82, 2.24) is 4.98 Å². The highest BCUT2D eigenvalue weighted by molar-refractivity contribution is 5.87. The highest BCUT2D eigenvalue weighted by Crippen LogP contribution is 2.17. The number of hydrogen-bond donors (Lipinski definition) is 2. The van der Waals surface area contributed by atoms with Gasteiger partial charge in [0.25, 0.3) is 5.56 Å². The normalized spacial score (nSPS) is 11.1. The Bertz CT molecular complexity index is 602. The number of methoxy groups -OCH3 is 1. The molecule has 16 heavy (non-hydrogen) atoms. The molecule has 1 aromatic heterocycles. The van der Waals surface area contributed by atoms with Crippen molar-refractivity contribution in [1.29, 1.82) is 0 Å². The molecule has 1 heterocycles. The first-order chi connectivity index (χ1) is 7.74. The second-order valence-electron chi connectivity index (χ2n) is 3.25. The number of oxime groups is 1. The molecule has 0 aliphatic carbocycles. The minimum Gasteiger partial charge on any atom is -0.497 e. The Labute approximate surface area is 91.0 Å². The number of benzene rings is 1. The van der Waals surface area contributed by atoms with Crippen molar-refractivity contribution in [3.8, 4) is 5.75 Å². The quantitative estimate of drug-likeness (QED) is 0.454. The van der Waals surface area contributed by atoms with Gasteiger partial charge in [-0.25, -0.2) is 0 Å². The molecule has 5 nitrogen and oxygen atoms in total. The lowest BCUT2D eigenvalue weighted by molar-refractivity contribution is 0.322. The summed E-state index contributed by atoms with van der Waals surface area (Å²) in [5, 5.41) is 12.1. The fourth-order valence-corrected chi connectivity index (χ4v) is 1.48. The van der Waals surface area contributed by atoms with E-state index in [0.717, 1.165) is 11.6 Å². The maximum Gasteiger partial charge on any atom is 0.257 e. The SMILES string of the molecule is COc1ccc2cc(C=NO)c(=O)[nH]c2c1. The van der Waals surface area contributed by atoms with Crippen LogP contribution in [0.1, 0.15) is 5.56 Å². The highest BCUT2D eigenvalue weighted by atomic mass is 16.5. The monoisotopic (exact) mass is 218 g/mol. The van der Waals surface area contributed by atoms with Crippen molar-refractivity contribution >= 4 is 17.1 Å². The van der Waals surface area contributed by atoms with Crippen LogP contribution in [-0.4, -0.2) is 23.5 Å². The summed E-state index contributed by atoms with van der Waals surface area (Å²) < 4.78 is 5.05. The van der Waals surface area contributed by atoms with Crippen molar-refractivity contribution in [3.63, 3.8) is 0 Å². The molecule has 1 aromatic carbocycles. The third-order valence-corrected chi connectivity index (χ3v) is 2.28. The average Bonchev–Trinajstić information content (AvgIpc) is 2.30. The van der Waals surface area contributed by atoms with Gasteiger partial charge in [0.05, 0.1) is 24.4 Å². The molecule has 2 aromatic rings. The topological polar surface area (TPSA) is 74.7 Å². The molecule has 0 aliphatic heterocycles. The van der Waals surface area contributed by atoms with E-state index >= 15 is 0 Å². The molecular weight excluding hydrogens is 208 g/mol. The Morgan fingerprint density at radius 1 is 1.44 bits per heavy atom. The van der Waals surface area contributed by atoms with Gasteiger partial charge in [-0.05, 0) is 23.6 Å². The number of ether oxygens (including phenoxy) is 1. The second-order valence-corrected chi connectivity index (χ2v) is 3.25. The van der Waals surface area contributed by atoms with E-state index in [0.29, 0.717) is 16.8 Å². The van der Waals surface area contributed by atoms with Crippen molar-refractivity contribution in [3.05, 3.63) is 40.2 Å². The van der Waals surface area contributed by atoms with Crippen LogP contribution in [0.4, 0.5) is 0 Å². The van der Waals surface area contributed by atoms with E-state index in [2.05, 4.69) is 10.1 Å². The number of aromatic nitrogens is 1. The van der Waals surface area contributed by atoms with Crippen LogP contribution in [-0.2, 0) is 0 Å². The van der Waals surface area contributed by atoms with Crippen molar-refractivity contribution in [2.24, 2.45) is 5.16 Å². The molecule has 0 aliphatic rings.